The van der Waals surface area contributed by atoms with Gasteiger partial charge in [0.2, 0.25) is 0 Å². The number of carbonyl (C=O) groups is 2. The van der Waals surface area contributed by atoms with Crippen LogP contribution in [0.15, 0.2) is 54.6 Å². The van der Waals surface area contributed by atoms with E-state index in [0.29, 0.717) is 11.1 Å². The van der Waals surface area contributed by atoms with Crippen molar-refractivity contribution >= 4 is 11.8 Å². The summed E-state index contributed by atoms with van der Waals surface area (Å²) < 4.78 is 5.03. The van der Waals surface area contributed by atoms with Gasteiger partial charge in [0, 0.05) is 5.56 Å². The zero-order valence-corrected chi connectivity index (χ0v) is 12.4. The third-order valence-corrected chi connectivity index (χ3v) is 3.30. The smallest absolute Gasteiger partial charge is 0.317 e. The lowest BCUT2D eigenvalue weighted by atomic mass is 9.91. The van der Waals surface area contributed by atoms with Crippen LogP contribution < -0.4 is 0 Å². The average molecular weight is 298 g/mol. The molecule has 4 nitrogen and oxygen atoms in total. The lowest BCUT2D eigenvalue weighted by Gasteiger charge is -2.15. The monoisotopic (exact) mass is 298 g/mol. The zero-order chi connectivity index (χ0) is 15.9. The normalized spacial score (nSPS) is 11.7. The molecule has 0 heterocycles. The minimum Gasteiger partial charge on any atom is -0.508 e. The van der Waals surface area contributed by atoms with Crippen molar-refractivity contribution in [3.63, 3.8) is 0 Å². The molecule has 0 aromatic heterocycles. The molecule has 0 aliphatic rings. The maximum atomic E-state index is 12.6. The Bertz CT molecular complexity index is 649. The number of hydrogen-bond acceptors (Lipinski definition) is 4. The molecule has 2 aromatic rings. The lowest BCUT2D eigenvalue weighted by molar-refractivity contribution is -0.146. The standard InChI is InChI=1S/C18H18O4/c1-2-22-18(21)16(12-13-7-6-10-15(19)11-13)17(20)14-8-4-3-5-9-14/h3-11,16,19H,2,12H2,1H3/t16-/m0/s1. The van der Waals surface area contributed by atoms with E-state index < -0.39 is 11.9 Å². The fraction of sp³-hybridized carbons (Fsp3) is 0.222. The fourth-order valence-electron chi connectivity index (χ4n) is 2.25. The quantitative estimate of drug-likeness (QED) is 0.506. The van der Waals surface area contributed by atoms with Crippen molar-refractivity contribution in [3.05, 3.63) is 65.7 Å². The van der Waals surface area contributed by atoms with Crippen molar-refractivity contribution in [1.29, 1.82) is 0 Å². The van der Waals surface area contributed by atoms with Gasteiger partial charge in [-0.3, -0.25) is 9.59 Å². The maximum absolute atomic E-state index is 12.6. The summed E-state index contributed by atoms with van der Waals surface area (Å²) in [4.78, 5) is 24.7. The number of aromatic hydroxyl groups is 1. The zero-order valence-electron chi connectivity index (χ0n) is 12.4. The Kier molecular flexibility index (Phi) is 5.31. The Morgan fingerprint density at radius 1 is 1.09 bits per heavy atom. The van der Waals surface area contributed by atoms with Gasteiger partial charge in [-0.2, -0.15) is 0 Å². The van der Waals surface area contributed by atoms with Crippen molar-refractivity contribution in [3.8, 4) is 5.75 Å². The fourth-order valence-corrected chi connectivity index (χ4v) is 2.25. The summed E-state index contributed by atoms with van der Waals surface area (Å²) in [5, 5.41) is 9.52. The number of Topliss-reactive ketones (excluding diaryl/α,β-unsaturated/α-hetero) is 1. The second kappa shape index (κ2) is 7.41. The van der Waals surface area contributed by atoms with E-state index in [1.807, 2.05) is 6.07 Å². The summed E-state index contributed by atoms with van der Waals surface area (Å²) in [6, 6.07) is 15.2. The molecule has 0 bridgehead atoms. The number of ketones is 1. The minimum atomic E-state index is -0.913. The number of phenols is 1. The molecular formula is C18H18O4. The van der Waals surface area contributed by atoms with Crippen molar-refractivity contribution < 1.29 is 19.4 Å². The Hall–Kier alpha value is -2.62. The molecule has 0 fully saturated rings. The number of benzene rings is 2. The van der Waals surface area contributed by atoms with Gasteiger partial charge in [-0.05, 0) is 31.0 Å². The van der Waals surface area contributed by atoms with Crippen LogP contribution in [0.1, 0.15) is 22.8 Å². The summed E-state index contributed by atoms with van der Waals surface area (Å²) in [6.07, 6.45) is 0.195. The number of rotatable bonds is 6. The van der Waals surface area contributed by atoms with Crippen LogP contribution in [0.25, 0.3) is 0 Å². The topological polar surface area (TPSA) is 63.6 Å². The van der Waals surface area contributed by atoms with Gasteiger partial charge >= 0.3 is 5.97 Å². The van der Waals surface area contributed by atoms with E-state index in [0.717, 1.165) is 0 Å². The van der Waals surface area contributed by atoms with Gasteiger partial charge in [-0.25, -0.2) is 0 Å². The first-order chi connectivity index (χ1) is 10.6. The van der Waals surface area contributed by atoms with E-state index in [-0.39, 0.29) is 24.6 Å². The number of hydrogen-bond donors (Lipinski definition) is 1. The third-order valence-electron chi connectivity index (χ3n) is 3.30. The van der Waals surface area contributed by atoms with Crippen LogP contribution in [0.2, 0.25) is 0 Å². The first-order valence-electron chi connectivity index (χ1n) is 7.15. The molecule has 1 atom stereocenters. The van der Waals surface area contributed by atoms with Gasteiger partial charge in [0.05, 0.1) is 6.61 Å². The van der Waals surface area contributed by atoms with Crippen LogP contribution in [-0.4, -0.2) is 23.5 Å². The van der Waals surface area contributed by atoms with E-state index in [4.69, 9.17) is 4.74 Å². The van der Waals surface area contributed by atoms with Crippen LogP contribution in [0.4, 0.5) is 0 Å². The number of ether oxygens (including phenoxy) is 1. The van der Waals surface area contributed by atoms with Crippen LogP contribution in [0, 0.1) is 5.92 Å². The Labute approximate surface area is 129 Å². The molecule has 0 saturated carbocycles. The lowest BCUT2D eigenvalue weighted by Crippen LogP contribution is -2.28. The molecule has 22 heavy (non-hydrogen) atoms. The Morgan fingerprint density at radius 3 is 2.45 bits per heavy atom. The molecule has 1 N–H and O–H groups in total. The highest BCUT2D eigenvalue weighted by Crippen LogP contribution is 2.19. The van der Waals surface area contributed by atoms with Gasteiger partial charge in [0.15, 0.2) is 5.78 Å². The molecule has 0 saturated heterocycles. The number of esters is 1. The molecule has 4 heteroatoms. The summed E-state index contributed by atoms with van der Waals surface area (Å²) in [6.45, 7) is 1.92. The summed E-state index contributed by atoms with van der Waals surface area (Å²) >= 11 is 0. The van der Waals surface area contributed by atoms with Crippen molar-refractivity contribution in [1.82, 2.24) is 0 Å². The van der Waals surface area contributed by atoms with Gasteiger partial charge in [-0.1, -0.05) is 42.5 Å². The minimum absolute atomic E-state index is 0.104. The second-order valence-corrected chi connectivity index (χ2v) is 4.91. The van der Waals surface area contributed by atoms with Gasteiger partial charge in [-0.15, -0.1) is 0 Å². The van der Waals surface area contributed by atoms with Crippen molar-refractivity contribution in [2.45, 2.75) is 13.3 Å². The van der Waals surface area contributed by atoms with Crippen LogP contribution in [0.5, 0.6) is 5.75 Å². The Morgan fingerprint density at radius 2 is 1.82 bits per heavy atom. The van der Waals surface area contributed by atoms with E-state index >= 15 is 0 Å². The third kappa shape index (κ3) is 3.95. The number of carbonyl (C=O) groups excluding carboxylic acids is 2. The summed E-state index contributed by atoms with van der Waals surface area (Å²) in [5.74, 6) is -1.63. The predicted octanol–water partition coefficient (Wildman–Crippen LogP) is 3.00. The molecule has 0 radical (unpaired) electrons. The summed E-state index contributed by atoms with van der Waals surface area (Å²) in [5.41, 5.74) is 1.18. The SMILES string of the molecule is CCOC(=O)[C@@H](Cc1cccc(O)c1)C(=O)c1ccccc1. The Balaban J connectivity index is 2.26. The predicted molar refractivity (Wildman–Crippen MR) is 82.7 cm³/mol. The molecule has 0 amide bonds. The van der Waals surface area contributed by atoms with E-state index in [1.165, 1.54) is 0 Å². The van der Waals surface area contributed by atoms with Crippen LogP contribution in [0.3, 0.4) is 0 Å². The maximum Gasteiger partial charge on any atom is 0.317 e. The number of phenolic OH excluding ortho intramolecular Hbond substituents is 1. The molecule has 114 valence electrons. The van der Waals surface area contributed by atoms with E-state index in [1.54, 1.807) is 55.5 Å². The van der Waals surface area contributed by atoms with Gasteiger partial charge in [0.1, 0.15) is 11.7 Å². The molecule has 0 aliphatic heterocycles. The molecule has 0 unspecified atom stereocenters. The molecule has 0 spiro atoms. The average Bonchev–Trinajstić information content (AvgIpc) is 2.53. The largest absolute Gasteiger partial charge is 0.508 e. The van der Waals surface area contributed by atoms with E-state index in [9.17, 15) is 14.7 Å². The highest BCUT2D eigenvalue weighted by molar-refractivity contribution is 6.08. The van der Waals surface area contributed by atoms with Crippen molar-refractivity contribution in [2.75, 3.05) is 6.61 Å². The molecule has 2 rings (SSSR count). The van der Waals surface area contributed by atoms with Gasteiger partial charge in [0.25, 0.3) is 0 Å². The second-order valence-electron chi connectivity index (χ2n) is 4.91. The first-order valence-corrected chi connectivity index (χ1v) is 7.15. The molecule has 2 aromatic carbocycles. The molecule has 0 aliphatic carbocycles. The summed E-state index contributed by atoms with van der Waals surface area (Å²) in [7, 11) is 0. The van der Waals surface area contributed by atoms with Gasteiger partial charge < -0.3 is 9.84 Å². The molecular weight excluding hydrogens is 280 g/mol. The van der Waals surface area contributed by atoms with Crippen LogP contribution >= 0.6 is 0 Å². The first kappa shape index (κ1) is 15.8. The highest BCUT2D eigenvalue weighted by Gasteiger charge is 2.29. The van der Waals surface area contributed by atoms with Crippen LogP contribution in [-0.2, 0) is 16.0 Å². The highest BCUT2D eigenvalue weighted by atomic mass is 16.5. The van der Waals surface area contributed by atoms with Crippen molar-refractivity contribution in [2.24, 2.45) is 5.92 Å². The van der Waals surface area contributed by atoms with E-state index in [2.05, 4.69) is 0 Å².